The van der Waals surface area contributed by atoms with Gasteiger partial charge >= 0.3 is 0 Å². The van der Waals surface area contributed by atoms with E-state index in [9.17, 15) is 0 Å². The van der Waals surface area contributed by atoms with Gasteiger partial charge in [-0.2, -0.15) is 0 Å². The molecule has 0 aromatic carbocycles. The number of hydrogen-bond donors (Lipinski definition) is 1. The Morgan fingerprint density at radius 1 is 1.16 bits per heavy atom. The summed E-state index contributed by atoms with van der Waals surface area (Å²) in [7, 11) is 4.12. The summed E-state index contributed by atoms with van der Waals surface area (Å²) in [5.74, 6) is 0.992. The lowest BCUT2D eigenvalue weighted by Crippen LogP contribution is -2.21. The van der Waals surface area contributed by atoms with Gasteiger partial charge in [0.15, 0.2) is 0 Å². The molecule has 2 heterocycles. The molecule has 0 unspecified atom stereocenters. The molecule has 1 saturated carbocycles. The monoisotopic (exact) mass is 362 g/mol. The number of ether oxygens (including phenoxy) is 1. The molecule has 5 nitrogen and oxygen atoms in total. The third-order valence-electron chi connectivity index (χ3n) is 4.75. The Morgan fingerprint density at radius 2 is 1.92 bits per heavy atom. The van der Waals surface area contributed by atoms with Crippen molar-refractivity contribution >= 4 is 27.4 Å². The number of hydrogen-bond acceptors (Lipinski definition) is 6. The van der Waals surface area contributed by atoms with E-state index in [0.717, 1.165) is 29.2 Å². The fourth-order valence-corrected chi connectivity index (χ4v) is 4.24. The average Bonchev–Trinajstić information content (AvgIpc) is 2.98. The smallest absolute Gasteiger partial charge is 0.138 e. The quantitative estimate of drug-likeness (QED) is 0.745. The molecule has 0 aliphatic heterocycles. The fraction of sp³-hybridized carbons (Fsp3) is 0.684. The highest BCUT2D eigenvalue weighted by Crippen LogP contribution is 2.30. The van der Waals surface area contributed by atoms with E-state index >= 15 is 0 Å². The highest BCUT2D eigenvalue weighted by Gasteiger charge is 2.15. The normalized spacial score (nSPS) is 16.9. The number of likely N-dealkylation sites (N-methyl/N-ethyl adjacent to an activating group) is 1. The molecule has 0 atom stereocenters. The summed E-state index contributed by atoms with van der Waals surface area (Å²) >= 11 is 1.71. The lowest BCUT2D eigenvalue weighted by Gasteiger charge is -2.21. The van der Waals surface area contributed by atoms with Crippen molar-refractivity contribution in [2.75, 3.05) is 32.6 Å². The highest BCUT2D eigenvalue weighted by atomic mass is 32.1. The Bertz CT molecular complexity index is 650. The molecule has 2 aromatic rings. The number of fused-ring (bicyclic) bond motifs is 1. The molecular formula is C19H30N4OS. The molecule has 0 spiro atoms. The molecule has 0 amide bonds. The molecule has 0 radical (unpaired) electrons. The van der Waals surface area contributed by atoms with Crippen LogP contribution in [0.4, 0.5) is 5.82 Å². The summed E-state index contributed by atoms with van der Waals surface area (Å²) < 4.78 is 5.78. The van der Waals surface area contributed by atoms with Gasteiger partial charge in [-0.15, -0.1) is 11.3 Å². The van der Waals surface area contributed by atoms with Crippen molar-refractivity contribution in [2.45, 2.75) is 57.6 Å². The van der Waals surface area contributed by atoms with E-state index in [1.54, 1.807) is 17.7 Å². The first-order valence-electron chi connectivity index (χ1n) is 9.45. The zero-order chi connectivity index (χ0) is 17.5. The zero-order valence-electron chi connectivity index (χ0n) is 15.5. The van der Waals surface area contributed by atoms with E-state index < -0.39 is 0 Å². The van der Waals surface area contributed by atoms with Crippen molar-refractivity contribution < 1.29 is 4.74 Å². The Labute approximate surface area is 154 Å². The van der Waals surface area contributed by atoms with E-state index in [0.29, 0.717) is 12.6 Å². The maximum Gasteiger partial charge on any atom is 0.138 e. The minimum Gasteiger partial charge on any atom is -0.375 e. The fourth-order valence-electron chi connectivity index (χ4n) is 3.31. The first-order valence-corrected chi connectivity index (χ1v) is 10.3. The Hall–Kier alpha value is -1.24. The molecule has 25 heavy (non-hydrogen) atoms. The number of nitrogens with one attached hydrogen (secondary N) is 1. The molecule has 3 rings (SSSR count). The van der Waals surface area contributed by atoms with E-state index in [1.165, 1.54) is 49.8 Å². The second-order valence-electron chi connectivity index (χ2n) is 7.20. The van der Waals surface area contributed by atoms with Gasteiger partial charge in [-0.1, -0.05) is 32.1 Å². The third-order valence-corrected chi connectivity index (χ3v) is 5.77. The predicted molar refractivity (Wildman–Crippen MR) is 105 cm³/mol. The Balaban J connectivity index is 1.64. The molecule has 138 valence electrons. The van der Waals surface area contributed by atoms with Crippen molar-refractivity contribution in [3.63, 3.8) is 0 Å². The summed E-state index contributed by atoms with van der Waals surface area (Å²) in [6.07, 6.45) is 10.9. The number of thiophene rings is 1. The lowest BCUT2D eigenvalue weighted by molar-refractivity contribution is 0.107. The van der Waals surface area contributed by atoms with Crippen molar-refractivity contribution in [2.24, 2.45) is 0 Å². The minimum absolute atomic E-state index is 0.540. The van der Waals surface area contributed by atoms with Gasteiger partial charge in [0, 0.05) is 17.5 Å². The van der Waals surface area contributed by atoms with E-state index in [-0.39, 0.29) is 0 Å². The molecule has 0 bridgehead atoms. The van der Waals surface area contributed by atoms with Crippen LogP contribution in [0.15, 0.2) is 12.4 Å². The largest absolute Gasteiger partial charge is 0.375 e. The van der Waals surface area contributed by atoms with Crippen LogP contribution in [0.1, 0.15) is 49.8 Å². The van der Waals surface area contributed by atoms with Crippen molar-refractivity contribution in [3.05, 3.63) is 17.3 Å². The maximum absolute atomic E-state index is 5.78. The van der Waals surface area contributed by atoms with Gasteiger partial charge < -0.3 is 15.0 Å². The lowest BCUT2D eigenvalue weighted by atomic mass is 9.97. The molecule has 1 aliphatic rings. The van der Waals surface area contributed by atoms with Crippen LogP contribution in [0.25, 0.3) is 10.2 Å². The van der Waals surface area contributed by atoms with Gasteiger partial charge in [0.1, 0.15) is 17.0 Å². The average molecular weight is 363 g/mol. The molecule has 1 N–H and O–H groups in total. The first kappa shape index (κ1) is 18.5. The number of rotatable bonds is 7. The summed E-state index contributed by atoms with van der Waals surface area (Å²) in [5, 5.41) is 4.83. The molecule has 2 aromatic heterocycles. The van der Waals surface area contributed by atoms with Gasteiger partial charge in [0.25, 0.3) is 0 Å². The second-order valence-corrected chi connectivity index (χ2v) is 8.31. The minimum atomic E-state index is 0.540. The maximum atomic E-state index is 5.78. The van der Waals surface area contributed by atoms with Crippen LogP contribution >= 0.6 is 11.3 Å². The van der Waals surface area contributed by atoms with E-state index in [2.05, 4.69) is 40.3 Å². The van der Waals surface area contributed by atoms with Gasteiger partial charge in [-0.3, -0.25) is 0 Å². The van der Waals surface area contributed by atoms with Crippen molar-refractivity contribution in [1.82, 2.24) is 14.9 Å². The van der Waals surface area contributed by atoms with Gasteiger partial charge in [-0.25, -0.2) is 9.97 Å². The molecule has 1 aliphatic carbocycles. The predicted octanol–water partition coefficient (Wildman–Crippen LogP) is 4.29. The molecule has 0 saturated heterocycles. The Kier molecular flexibility index (Phi) is 7.02. The summed E-state index contributed by atoms with van der Waals surface area (Å²) in [6.45, 7) is 2.34. The van der Waals surface area contributed by atoms with E-state index in [1.807, 2.05) is 0 Å². The van der Waals surface area contributed by atoms with Crippen molar-refractivity contribution in [1.29, 1.82) is 0 Å². The standard InChI is InChI=1S/C19H30N4OS/c1-23(2)10-11-24-13-16-12-17-18(20-14-21-19(17)25-16)22-15-8-6-4-3-5-7-9-15/h12,14-15H,3-11,13H2,1-2H3,(H,20,21,22). The number of nitrogens with zero attached hydrogens (tertiary/aromatic N) is 3. The van der Waals surface area contributed by atoms with Crippen LogP contribution < -0.4 is 5.32 Å². The van der Waals surface area contributed by atoms with Gasteiger partial charge in [0.05, 0.1) is 18.6 Å². The second kappa shape index (κ2) is 9.46. The van der Waals surface area contributed by atoms with Gasteiger partial charge in [-0.05, 0) is 33.0 Å². The van der Waals surface area contributed by atoms with Crippen molar-refractivity contribution in [3.8, 4) is 0 Å². The highest BCUT2D eigenvalue weighted by molar-refractivity contribution is 7.18. The van der Waals surface area contributed by atoms with E-state index in [4.69, 9.17) is 4.74 Å². The summed E-state index contributed by atoms with van der Waals surface area (Å²) in [6, 6.07) is 2.74. The first-order chi connectivity index (χ1) is 12.2. The molecule has 1 fully saturated rings. The van der Waals surface area contributed by atoms with Crippen LogP contribution in [0.5, 0.6) is 0 Å². The Morgan fingerprint density at radius 3 is 2.68 bits per heavy atom. The number of anilines is 1. The van der Waals surface area contributed by atoms with Crippen LogP contribution in [-0.4, -0.2) is 48.2 Å². The van der Waals surface area contributed by atoms with Gasteiger partial charge in [0.2, 0.25) is 0 Å². The third kappa shape index (κ3) is 5.62. The zero-order valence-corrected chi connectivity index (χ0v) is 16.3. The molecular weight excluding hydrogens is 332 g/mol. The molecule has 6 heteroatoms. The van der Waals surface area contributed by atoms with Crippen LogP contribution in [0.3, 0.4) is 0 Å². The summed E-state index contributed by atoms with van der Waals surface area (Å²) in [5.41, 5.74) is 0. The topological polar surface area (TPSA) is 50.3 Å². The summed E-state index contributed by atoms with van der Waals surface area (Å²) in [4.78, 5) is 13.4. The van der Waals surface area contributed by atoms with Crippen LogP contribution in [0.2, 0.25) is 0 Å². The number of aromatic nitrogens is 2. The van der Waals surface area contributed by atoms with Crippen LogP contribution in [0, 0.1) is 0 Å². The van der Waals surface area contributed by atoms with Crippen LogP contribution in [-0.2, 0) is 11.3 Å². The SMILES string of the molecule is CN(C)CCOCc1cc2c(NC3CCCCCCC3)ncnc2s1.